The number of nitrogens with zero attached hydrogens (tertiary/aromatic N) is 3. The third-order valence-corrected chi connectivity index (χ3v) is 6.29. The van der Waals surface area contributed by atoms with E-state index in [0.717, 1.165) is 28.1 Å². The van der Waals surface area contributed by atoms with Crippen LogP contribution in [0.15, 0.2) is 5.38 Å². The van der Waals surface area contributed by atoms with Gasteiger partial charge >= 0.3 is 0 Å². The molecule has 2 aliphatic rings. The van der Waals surface area contributed by atoms with E-state index in [2.05, 4.69) is 19.6 Å². The monoisotopic (exact) mass is 306 g/mol. The molecule has 0 radical (unpaired) electrons. The van der Waals surface area contributed by atoms with E-state index in [1.807, 2.05) is 6.92 Å². The summed E-state index contributed by atoms with van der Waals surface area (Å²) < 4.78 is 4.38. The Bertz CT molecular complexity index is 621. The van der Waals surface area contributed by atoms with Crippen molar-refractivity contribution in [1.29, 1.82) is 0 Å². The first kappa shape index (κ1) is 12.6. The maximum Gasteiger partial charge on any atom is 0.148 e. The predicted octanol–water partition coefficient (Wildman–Crippen LogP) is 3.39. The minimum Gasteiger partial charge on any atom is -0.382 e. The zero-order valence-electron chi connectivity index (χ0n) is 11.5. The molecule has 2 fully saturated rings. The molecule has 6 heteroatoms. The van der Waals surface area contributed by atoms with Gasteiger partial charge in [0.05, 0.1) is 16.3 Å². The second-order valence-electron chi connectivity index (χ2n) is 5.86. The Morgan fingerprint density at radius 3 is 2.70 bits per heavy atom. The van der Waals surface area contributed by atoms with Crippen molar-refractivity contribution in [2.24, 2.45) is 11.8 Å². The van der Waals surface area contributed by atoms with Gasteiger partial charge in [-0.15, -0.1) is 11.3 Å². The summed E-state index contributed by atoms with van der Waals surface area (Å²) in [7, 11) is 0. The highest BCUT2D eigenvalue weighted by atomic mass is 32.1. The van der Waals surface area contributed by atoms with E-state index in [0.29, 0.717) is 5.82 Å². The number of aromatic nitrogens is 2. The lowest BCUT2D eigenvalue weighted by Gasteiger charge is -2.18. The Labute approximate surface area is 126 Å². The summed E-state index contributed by atoms with van der Waals surface area (Å²) in [5, 5.41) is 4.40. The van der Waals surface area contributed by atoms with E-state index in [4.69, 9.17) is 5.73 Å². The summed E-state index contributed by atoms with van der Waals surface area (Å²) in [4.78, 5) is 7.09. The van der Waals surface area contributed by atoms with Crippen molar-refractivity contribution in [2.75, 3.05) is 23.7 Å². The van der Waals surface area contributed by atoms with Gasteiger partial charge in [0, 0.05) is 18.5 Å². The Morgan fingerprint density at radius 2 is 2.05 bits per heavy atom. The van der Waals surface area contributed by atoms with Gasteiger partial charge in [0.25, 0.3) is 0 Å². The van der Waals surface area contributed by atoms with Crippen LogP contribution in [0.3, 0.4) is 0 Å². The van der Waals surface area contributed by atoms with Crippen LogP contribution in [0.1, 0.15) is 24.3 Å². The molecule has 1 saturated heterocycles. The second kappa shape index (κ2) is 4.70. The first-order valence-electron chi connectivity index (χ1n) is 7.15. The maximum absolute atomic E-state index is 6.10. The summed E-state index contributed by atoms with van der Waals surface area (Å²) in [6, 6.07) is 0. The highest BCUT2D eigenvalue weighted by Crippen LogP contribution is 2.45. The van der Waals surface area contributed by atoms with Gasteiger partial charge in [-0.2, -0.15) is 4.37 Å². The van der Waals surface area contributed by atoms with Crippen molar-refractivity contribution in [3.63, 3.8) is 0 Å². The Morgan fingerprint density at radius 1 is 1.30 bits per heavy atom. The van der Waals surface area contributed by atoms with Crippen molar-refractivity contribution >= 4 is 33.7 Å². The molecule has 1 aliphatic heterocycles. The third-order valence-electron chi connectivity index (χ3n) is 4.59. The topological polar surface area (TPSA) is 55.0 Å². The predicted molar refractivity (Wildman–Crippen MR) is 85.4 cm³/mol. The molecule has 0 aromatic carbocycles. The number of nitrogens with two attached hydrogens (primary N) is 1. The fourth-order valence-electron chi connectivity index (χ4n) is 3.63. The zero-order valence-corrected chi connectivity index (χ0v) is 13.1. The molecule has 2 aromatic heterocycles. The Balaban J connectivity index is 1.69. The standard InChI is InChI=1S/C14H18N4S2/c1-8-16-11(7-19-8)12-13(15)17-20-14(12)18-5-9-3-2-4-10(9)6-18/h7,9-10H,2-6H2,1H3,(H2,15,17). The van der Waals surface area contributed by atoms with E-state index in [1.165, 1.54) is 48.9 Å². The molecule has 2 unspecified atom stereocenters. The van der Waals surface area contributed by atoms with Crippen molar-refractivity contribution in [1.82, 2.24) is 9.36 Å². The molecular formula is C14H18N4S2. The summed E-state index contributed by atoms with van der Waals surface area (Å²) >= 11 is 3.20. The van der Waals surface area contributed by atoms with Gasteiger partial charge in [-0.1, -0.05) is 6.42 Å². The molecule has 0 bridgehead atoms. The maximum atomic E-state index is 6.10. The van der Waals surface area contributed by atoms with Crippen LogP contribution in [0.2, 0.25) is 0 Å². The molecule has 4 nitrogen and oxygen atoms in total. The fraction of sp³-hybridized carbons (Fsp3) is 0.571. The minimum absolute atomic E-state index is 0.632. The van der Waals surface area contributed by atoms with Gasteiger partial charge < -0.3 is 10.6 Å². The van der Waals surface area contributed by atoms with Gasteiger partial charge in [-0.25, -0.2) is 4.98 Å². The van der Waals surface area contributed by atoms with Gasteiger partial charge in [0.2, 0.25) is 0 Å². The molecule has 4 rings (SSSR count). The smallest absolute Gasteiger partial charge is 0.148 e. The SMILES string of the molecule is Cc1nc(-c2c(N)nsc2N2CC3CCCC3C2)cs1. The molecule has 3 heterocycles. The first-order valence-corrected chi connectivity index (χ1v) is 8.80. The van der Waals surface area contributed by atoms with Crippen LogP contribution in [0.5, 0.6) is 0 Å². The lowest BCUT2D eigenvalue weighted by Crippen LogP contribution is -2.20. The molecule has 1 saturated carbocycles. The molecule has 1 aliphatic carbocycles. The number of fused-ring (bicyclic) bond motifs is 1. The quantitative estimate of drug-likeness (QED) is 0.924. The van der Waals surface area contributed by atoms with Gasteiger partial charge in [0.1, 0.15) is 10.8 Å². The van der Waals surface area contributed by atoms with Crippen LogP contribution in [0, 0.1) is 18.8 Å². The Hall–Kier alpha value is -1.14. The number of thiazole rings is 1. The number of hydrogen-bond donors (Lipinski definition) is 1. The fourth-order valence-corrected chi connectivity index (χ4v) is 5.07. The van der Waals surface area contributed by atoms with Crippen LogP contribution >= 0.6 is 22.9 Å². The van der Waals surface area contributed by atoms with Gasteiger partial charge in [-0.05, 0) is 43.1 Å². The van der Waals surface area contributed by atoms with Crippen molar-refractivity contribution in [3.8, 4) is 11.3 Å². The molecule has 0 amide bonds. The molecular weight excluding hydrogens is 288 g/mol. The van der Waals surface area contributed by atoms with E-state index >= 15 is 0 Å². The zero-order chi connectivity index (χ0) is 13.7. The van der Waals surface area contributed by atoms with Crippen LogP contribution < -0.4 is 10.6 Å². The normalized spacial score (nSPS) is 25.4. The lowest BCUT2D eigenvalue weighted by atomic mass is 10.0. The molecule has 106 valence electrons. The number of hydrogen-bond acceptors (Lipinski definition) is 6. The van der Waals surface area contributed by atoms with E-state index < -0.39 is 0 Å². The summed E-state index contributed by atoms with van der Waals surface area (Å²) in [6.07, 6.45) is 4.19. The minimum atomic E-state index is 0.632. The van der Waals surface area contributed by atoms with Crippen molar-refractivity contribution in [2.45, 2.75) is 26.2 Å². The molecule has 20 heavy (non-hydrogen) atoms. The molecule has 2 N–H and O–H groups in total. The van der Waals surface area contributed by atoms with Crippen LogP contribution in [0.25, 0.3) is 11.3 Å². The molecule has 2 atom stereocenters. The lowest BCUT2D eigenvalue weighted by molar-refractivity contribution is 0.494. The number of anilines is 2. The van der Waals surface area contributed by atoms with Crippen LogP contribution in [0.4, 0.5) is 10.8 Å². The summed E-state index contributed by atoms with van der Waals surface area (Å²) in [5.41, 5.74) is 8.15. The van der Waals surface area contributed by atoms with E-state index in [9.17, 15) is 0 Å². The van der Waals surface area contributed by atoms with Crippen molar-refractivity contribution < 1.29 is 0 Å². The Kier molecular flexibility index (Phi) is 2.96. The molecule has 0 spiro atoms. The average molecular weight is 306 g/mol. The summed E-state index contributed by atoms with van der Waals surface area (Å²) in [6.45, 7) is 4.37. The highest BCUT2D eigenvalue weighted by molar-refractivity contribution is 7.11. The van der Waals surface area contributed by atoms with Crippen LogP contribution in [-0.2, 0) is 0 Å². The third kappa shape index (κ3) is 1.93. The number of rotatable bonds is 2. The largest absolute Gasteiger partial charge is 0.382 e. The second-order valence-corrected chi connectivity index (χ2v) is 7.67. The average Bonchev–Trinajstić information content (AvgIpc) is 3.10. The van der Waals surface area contributed by atoms with Gasteiger partial charge in [-0.3, -0.25) is 0 Å². The number of nitrogen functional groups attached to an aromatic ring is 1. The van der Waals surface area contributed by atoms with E-state index in [1.54, 1.807) is 11.3 Å². The first-order chi connectivity index (χ1) is 9.72. The molecule has 2 aromatic rings. The van der Waals surface area contributed by atoms with E-state index in [-0.39, 0.29) is 0 Å². The highest BCUT2D eigenvalue weighted by Gasteiger charge is 2.38. The number of aryl methyl sites for hydroxylation is 1. The van der Waals surface area contributed by atoms with Crippen LogP contribution in [-0.4, -0.2) is 22.4 Å². The summed E-state index contributed by atoms with van der Waals surface area (Å²) in [5.74, 6) is 2.39. The van der Waals surface area contributed by atoms with Crippen molar-refractivity contribution in [3.05, 3.63) is 10.4 Å². The van der Waals surface area contributed by atoms with Gasteiger partial charge in [0.15, 0.2) is 0 Å².